The van der Waals surface area contributed by atoms with Gasteiger partial charge in [0.2, 0.25) is 0 Å². The molecule has 0 spiro atoms. The van der Waals surface area contributed by atoms with Gasteiger partial charge in [-0.1, -0.05) is 46.4 Å². The van der Waals surface area contributed by atoms with Crippen LogP contribution in [0.1, 0.15) is 41.0 Å². The lowest BCUT2D eigenvalue weighted by Crippen LogP contribution is -2.01. The van der Waals surface area contributed by atoms with Crippen LogP contribution in [-0.2, 0) is 0 Å². The van der Waals surface area contributed by atoms with Crippen molar-refractivity contribution in [3.05, 3.63) is 6.33 Å². The predicted molar refractivity (Wildman–Crippen MR) is 62.5 cm³/mol. The van der Waals surface area contributed by atoms with Crippen molar-refractivity contribution in [1.82, 2.24) is 15.2 Å². The van der Waals surface area contributed by atoms with Gasteiger partial charge in [-0.25, -0.2) is 4.98 Å². The van der Waals surface area contributed by atoms with Crippen LogP contribution in [0.3, 0.4) is 0 Å². The van der Waals surface area contributed by atoms with Gasteiger partial charge in [0.15, 0.2) is 5.16 Å². The zero-order chi connectivity index (χ0) is 11.0. The fourth-order valence-electron chi connectivity index (χ4n) is 1.15. The summed E-state index contributed by atoms with van der Waals surface area (Å²) in [5.74, 6) is 0.746. The summed E-state index contributed by atoms with van der Waals surface area (Å²) in [6.45, 7) is 10.7. The Balaban J connectivity index is 0.000000791. The van der Waals surface area contributed by atoms with Gasteiger partial charge >= 0.3 is 0 Å². The van der Waals surface area contributed by atoms with Crippen LogP contribution < -0.4 is 0 Å². The molecule has 0 aromatic carbocycles. The van der Waals surface area contributed by atoms with Crippen molar-refractivity contribution in [2.45, 2.75) is 51.4 Å². The summed E-state index contributed by atoms with van der Waals surface area (Å²) in [5, 5.41) is 8.17. The Labute approximate surface area is 91.1 Å². The summed E-state index contributed by atoms with van der Waals surface area (Å²) in [6.07, 6.45) is 2.76. The number of nitrogens with zero attached hydrogens (tertiary/aromatic N) is 2. The molecule has 82 valence electrons. The lowest BCUT2D eigenvalue weighted by Gasteiger charge is -2.10. The summed E-state index contributed by atoms with van der Waals surface area (Å²) in [6, 6.07) is 0. The van der Waals surface area contributed by atoms with Gasteiger partial charge in [-0.3, -0.25) is 5.10 Å². The van der Waals surface area contributed by atoms with Gasteiger partial charge in [-0.15, -0.1) is 0 Å². The van der Waals surface area contributed by atoms with Crippen LogP contribution in [0, 0.1) is 5.92 Å². The number of aromatic amines is 1. The fourth-order valence-corrected chi connectivity index (χ4v) is 2.23. The number of H-pyrrole nitrogens is 1. The quantitative estimate of drug-likeness (QED) is 0.783. The predicted octanol–water partition coefficient (Wildman–Crippen LogP) is 3.36. The molecule has 1 atom stereocenters. The molecule has 0 aliphatic rings. The first-order valence-corrected chi connectivity index (χ1v) is 6.08. The molecule has 0 fully saturated rings. The van der Waals surface area contributed by atoms with Gasteiger partial charge < -0.3 is 0 Å². The zero-order valence-corrected chi connectivity index (χ0v) is 10.6. The maximum atomic E-state index is 4.06. The molecule has 1 unspecified atom stereocenters. The van der Waals surface area contributed by atoms with Crippen molar-refractivity contribution < 1.29 is 0 Å². The Morgan fingerprint density at radius 3 is 2.43 bits per heavy atom. The highest BCUT2D eigenvalue weighted by Gasteiger charge is 2.07. The van der Waals surface area contributed by atoms with Crippen molar-refractivity contribution >= 4 is 11.8 Å². The number of aromatic nitrogens is 3. The average Bonchev–Trinajstić information content (AvgIpc) is 2.59. The summed E-state index contributed by atoms with van der Waals surface area (Å²) < 4.78 is 0. The van der Waals surface area contributed by atoms with E-state index in [-0.39, 0.29) is 0 Å². The van der Waals surface area contributed by atoms with Crippen LogP contribution in [-0.4, -0.2) is 20.4 Å². The van der Waals surface area contributed by atoms with Crippen LogP contribution in [0.25, 0.3) is 0 Å². The summed E-state index contributed by atoms with van der Waals surface area (Å²) >= 11 is 1.75. The van der Waals surface area contributed by atoms with E-state index < -0.39 is 0 Å². The molecule has 1 N–H and O–H groups in total. The highest BCUT2D eigenvalue weighted by molar-refractivity contribution is 7.99. The summed E-state index contributed by atoms with van der Waals surface area (Å²) in [4.78, 5) is 4.06. The topological polar surface area (TPSA) is 41.6 Å². The molecule has 0 radical (unpaired) electrons. The molecule has 0 saturated carbocycles. The largest absolute Gasteiger partial charge is 0.254 e. The second kappa shape index (κ2) is 7.85. The highest BCUT2D eigenvalue weighted by Crippen LogP contribution is 2.23. The number of rotatable bonds is 4. The van der Waals surface area contributed by atoms with Crippen molar-refractivity contribution in [1.29, 1.82) is 0 Å². The second-order valence-electron chi connectivity index (χ2n) is 3.35. The zero-order valence-electron chi connectivity index (χ0n) is 9.74. The Kier molecular flexibility index (Phi) is 7.57. The molecule has 0 bridgehead atoms. The van der Waals surface area contributed by atoms with E-state index in [9.17, 15) is 0 Å². The number of thioether (sulfide) groups is 1. The van der Waals surface area contributed by atoms with E-state index in [2.05, 4.69) is 36.0 Å². The first-order chi connectivity index (χ1) is 6.68. The number of hydrogen-bond donors (Lipinski definition) is 1. The van der Waals surface area contributed by atoms with Crippen molar-refractivity contribution in [2.24, 2.45) is 5.92 Å². The molecule has 0 aliphatic heterocycles. The normalized spacial score (nSPS) is 12.1. The van der Waals surface area contributed by atoms with Crippen LogP contribution in [0.5, 0.6) is 0 Å². The average molecular weight is 215 g/mol. The second-order valence-corrected chi connectivity index (χ2v) is 4.78. The van der Waals surface area contributed by atoms with Gasteiger partial charge in [-0.05, 0) is 12.3 Å². The van der Waals surface area contributed by atoms with Crippen molar-refractivity contribution in [3.8, 4) is 0 Å². The molecule has 1 aromatic heterocycles. The van der Waals surface area contributed by atoms with E-state index in [1.165, 1.54) is 6.42 Å². The van der Waals surface area contributed by atoms with Gasteiger partial charge in [0.05, 0.1) is 0 Å². The molecule has 0 amide bonds. The lowest BCUT2D eigenvalue weighted by molar-refractivity contribution is 0.584. The lowest BCUT2D eigenvalue weighted by atomic mass is 10.1. The Morgan fingerprint density at radius 1 is 1.36 bits per heavy atom. The van der Waals surface area contributed by atoms with E-state index in [1.54, 1.807) is 18.1 Å². The molecule has 0 saturated heterocycles. The molecule has 0 aliphatic carbocycles. The van der Waals surface area contributed by atoms with Crippen molar-refractivity contribution in [3.63, 3.8) is 0 Å². The van der Waals surface area contributed by atoms with E-state index >= 15 is 0 Å². The van der Waals surface area contributed by atoms with Crippen LogP contribution >= 0.6 is 11.8 Å². The fraction of sp³-hybridized carbons (Fsp3) is 0.800. The smallest absolute Gasteiger partial charge is 0.183 e. The third-order valence-corrected chi connectivity index (χ3v) is 2.52. The molecular formula is C10H21N3S. The molecular weight excluding hydrogens is 194 g/mol. The molecule has 1 aromatic rings. The summed E-state index contributed by atoms with van der Waals surface area (Å²) in [5.41, 5.74) is 0. The van der Waals surface area contributed by atoms with E-state index in [0.29, 0.717) is 5.25 Å². The third kappa shape index (κ3) is 6.02. The Bertz CT molecular complexity index is 209. The molecule has 3 nitrogen and oxygen atoms in total. The van der Waals surface area contributed by atoms with E-state index in [0.717, 1.165) is 11.1 Å². The highest BCUT2D eigenvalue weighted by atomic mass is 32.2. The molecule has 4 heteroatoms. The minimum atomic E-state index is 0.609. The van der Waals surface area contributed by atoms with Gasteiger partial charge in [0.25, 0.3) is 0 Å². The van der Waals surface area contributed by atoms with Crippen LogP contribution in [0.4, 0.5) is 0 Å². The van der Waals surface area contributed by atoms with Crippen LogP contribution in [0.15, 0.2) is 11.5 Å². The Morgan fingerprint density at radius 2 is 2.00 bits per heavy atom. The Hall–Kier alpha value is -0.510. The van der Waals surface area contributed by atoms with Gasteiger partial charge in [0, 0.05) is 5.25 Å². The molecule has 1 rings (SSSR count). The van der Waals surface area contributed by atoms with Crippen molar-refractivity contribution in [2.75, 3.05) is 0 Å². The van der Waals surface area contributed by atoms with E-state index in [1.807, 2.05) is 13.8 Å². The van der Waals surface area contributed by atoms with E-state index in [4.69, 9.17) is 0 Å². The number of hydrogen-bond acceptors (Lipinski definition) is 3. The minimum absolute atomic E-state index is 0.609. The monoisotopic (exact) mass is 215 g/mol. The molecule has 14 heavy (non-hydrogen) atoms. The summed E-state index contributed by atoms with van der Waals surface area (Å²) in [7, 11) is 0. The van der Waals surface area contributed by atoms with Gasteiger partial charge in [0.1, 0.15) is 6.33 Å². The maximum absolute atomic E-state index is 4.06. The molecule has 1 heterocycles. The minimum Gasteiger partial charge on any atom is -0.254 e. The number of nitrogens with one attached hydrogen (secondary N) is 1. The SMILES string of the molecule is CC.CC(C)CC(C)Sc1ncn[nH]1. The standard InChI is InChI=1S/C8H15N3S.C2H6/c1-6(2)4-7(3)12-8-9-5-10-11-8;1-2/h5-7H,4H2,1-3H3,(H,9,10,11);1-2H3. The first kappa shape index (κ1) is 13.5. The maximum Gasteiger partial charge on any atom is 0.183 e. The van der Waals surface area contributed by atoms with Crippen LogP contribution in [0.2, 0.25) is 0 Å². The van der Waals surface area contributed by atoms with Gasteiger partial charge in [-0.2, -0.15) is 5.10 Å². The third-order valence-electron chi connectivity index (χ3n) is 1.51. The first-order valence-electron chi connectivity index (χ1n) is 5.20.